The van der Waals surface area contributed by atoms with Crippen LogP contribution in [0.2, 0.25) is 0 Å². The molecule has 4 N–H and O–H groups in total. The van der Waals surface area contributed by atoms with Crippen molar-refractivity contribution in [3.63, 3.8) is 0 Å². The van der Waals surface area contributed by atoms with E-state index in [1.54, 1.807) is 40.6 Å². The fourth-order valence-electron chi connectivity index (χ4n) is 6.45. The molecule has 0 fully saturated rings. The first-order valence-electron chi connectivity index (χ1n) is 16.1. The number of fused-ring (bicyclic) bond motifs is 4. The zero-order valence-corrected chi connectivity index (χ0v) is 28.5. The van der Waals surface area contributed by atoms with E-state index in [1.807, 2.05) is 50.4 Å². The van der Waals surface area contributed by atoms with Gasteiger partial charge in [-0.2, -0.15) is 0 Å². The van der Waals surface area contributed by atoms with Gasteiger partial charge in [0.25, 0.3) is 0 Å². The summed E-state index contributed by atoms with van der Waals surface area (Å²) in [5.74, 6) is 1.64. The molecule has 254 valence electrons. The molecule has 0 radical (unpaired) electrons. The number of aryl methyl sites for hydroxylation is 1. The van der Waals surface area contributed by atoms with Gasteiger partial charge in [0.1, 0.15) is 11.8 Å². The number of hydrogen-bond donors (Lipinski definition) is 4. The number of aromatic amines is 1. The number of carbonyl (C=O) groups excluding carboxylic acids is 2. The monoisotopic (exact) mass is 656 g/mol. The van der Waals surface area contributed by atoms with Crippen LogP contribution in [0.25, 0.3) is 22.0 Å². The fourth-order valence-corrected chi connectivity index (χ4v) is 6.45. The largest absolute Gasteiger partial charge is 0.497 e. The van der Waals surface area contributed by atoms with Crippen LogP contribution in [0.4, 0.5) is 5.69 Å². The Morgan fingerprint density at radius 2 is 1.73 bits per heavy atom. The summed E-state index contributed by atoms with van der Waals surface area (Å²) in [6, 6.07) is 11.7. The van der Waals surface area contributed by atoms with Gasteiger partial charge in [-0.3, -0.25) is 14.4 Å². The average Bonchev–Trinajstić information content (AvgIpc) is 3.32. The number of H-pyrrole nitrogens is 1. The van der Waals surface area contributed by atoms with Crippen molar-refractivity contribution in [3.05, 3.63) is 75.6 Å². The molecule has 5 rings (SSSR count). The summed E-state index contributed by atoms with van der Waals surface area (Å²) in [6.07, 6.45) is 3.70. The Hall–Kier alpha value is -5.19. The number of carbonyl (C=O) groups is 2. The Morgan fingerprint density at radius 1 is 0.958 bits per heavy atom. The van der Waals surface area contributed by atoms with E-state index in [0.717, 1.165) is 33.3 Å². The summed E-state index contributed by atoms with van der Waals surface area (Å²) in [7, 11) is 6.30. The summed E-state index contributed by atoms with van der Waals surface area (Å²) in [5, 5.41) is 10.3. The van der Waals surface area contributed by atoms with Crippen molar-refractivity contribution in [1.29, 1.82) is 0 Å². The number of ether oxygens (including phenoxy) is 4. The second kappa shape index (κ2) is 14.7. The molecule has 48 heavy (non-hydrogen) atoms. The highest BCUT2D eigenvalue weighted by atomic mass is 16.5. The lowest BCUT2D eigenvalue weighted by Crippen LogP contribution is -2.44. The fraction of sp³-hybridized carbons (Fsp3) is 0.378. The lowest BCUT2D eigenvalue weighted by atomic mass is 9.95. The first-order chi connectivity index (χ1) is 23.1. The topological polar surface area (TPSA) is 140 Å². The minimum absolute atomic E-state index is 0.130. The molecule has 0 saturated heterocycles. The lowest BCUT2D eigenvalue weighted by Gasteiger charge is -2.22. The summed E-state index contributed by atoms with van der Waals surface area (Å²) in [4.78, 5) is 42.9. The Bertz CT molecular complexity index is 1880. The molecule has 1 aromatic heterocycles. The molecule has 0 bridgehead atoms. The second-order valence-electron chi connectivity index (χ2n) is 12.2. The third-order valence-corrected chi connectivity index (χ3v) is 8.84. The second-order valence-corrected chi connectivity index (χ2v) is 12.2. The molecule has 0 aliphatic heterocycles. The van der Waals surface area contributed by atoms with E-state index in [2.05, 4.69) is 20.9 Å². The normalized spacial score (nSPS) is 14.3. The van der Waals surface area contributed by atoms with Crippen LogP contribution in [0.1, 0.15) is 49.9 Å². The number of benzene rings is 2. The Kier molecular flexibility index (Phi) is 10.5. The molecule has 3 aromatic carbocycles. The van der Waals surface area contributed by atoms with E-state index in [0.29, 0.717) is 54.2 Å². The van der Waals surface area contributed by atoms with Crippen molar-refractivity contribution >= 4 is 28.4 Å². The molecule has 2 atom stereocenters. The van der Waals surface area contributed by atoms with Gasteiger partial charge in [-0.05, 0) is 83.8 Å². The van der Waals surface area contributed by atoms with Gasteiger partial charge in [-0.25, -0.2) is 0 Å². The molecule has 4 aromatic rings. The van der Waals surface area contributed by atoms with Gasteiger partial charge in [0.2, 0.25) is 23.0 Å². The van der Waals surface area contributed by atoms with E-state index in [1.165, 1.54) is 6.92 Å². The molecule has 0 unspecified atom stereocenters. The highest BCUT2D eigenvalue weighted by Gasteiger charge is 2.30. The van der Waals surface area contributed by atoms with Crippen LogP contribution in [-0.2, 0) is 22.4 Å². The third-order valence-electron chi connectivity index (χ3n) is 8.84. The van der Waals surface area contributed by atoms with E-state index < -0.39 is 12.1 Å². The quantitative estimate of drug-likeness (QED) is 0.164. The molecule has 1 aliphatic rings. The minimum atomic E-state index is -0.680. The Balaban J connectivity index is 1.47. The van der Waals surface area contributed by atoms with Crippen LogP contribution in [0, 0.1) is 5.92 Å². The predicted octanol–water partition coefficient (Wildman–Crippen LogP) is 5.15. The van der Waals surface area contributed by atoms with Crippen molar-refractivity contribution in [3.8, 4) is 34.1 Å². The van der Waals surface area contributed by atoms with Crippen molar-refractivity contribution < 1.29 is 28.5 Å². The molecule has 1 aliphatic carbocycles. The van der Waals surface area contributed by atoms with Gasteiger partial charge < -0.3 is 39.9 Å². The van der Waals surface area contributed by atoms with Gasteiger partial charge in [-0.15, -0.1) is 0 Å². The zero-order valence-electron chi connectivity index (χ0n) is 28.5. The highest BCUT2D eigenvalue weighted by molar-refractivity contribution is 5.87. The maximum Gasteiger partial charge on any atom is 0.242 e. The number of amides is 2. The van der Waals surface area contributed by atoms with Crippen LogP contribution < -0.4 is 40.3 Å². The van der Waals surface area contributed by atoms with Crippen molar-refractivity contribution in [2.75, 3.05) is 40.3 Å². The number of aromatic nitrogens is 1. The van der Waals surface area contributed by atoms with E-state index in [9.17, 15) is 14.4 Å². The predicted molar refractivity (Wildman–Crippen MR) is 186 cm³/mol. The zero-order chi connectivity index (χ0) is 34.5. The first kappa shape index (κ1) is 34.2. The third kappa shape index (κ3) is 6.90. The van der Waals surface area contributed by atoms with Crippen molar-refractivity contribution in [1.82, 2.24) is 15.6 Å². The summed E-state index contributed by atoms with van der Waals surface area (Å²) in [5.41, 5.74) is 5.07. The molecule has 0 spiro atoms. The SMILES string of the molecule is COc1ccc2[nH]cc(CCNC(=O)[C@@H](Nc3ccc4c(cc3=O)[C@@H](NC(C)=O)CCc3cc(OC)c(OC)c(OC)c3-4)C(C)C)c2c1. The maximum atomic E-state index is 13.9. The minimum Gasteiger partial charge on any atom is -0.497 e. The van der Waals surface area contributed by atoms with Crippen LogP contribution in [-0.4, -0.2) is 57.8 Å². The van der Waals surface area contributed by atoms with Crippen molar-refractivity contribution in [2.24, 2.45) is 5.92 Å². The summed E-state index contributed by atoms with van der Waals surface area (Å²) >= 11 is 0. The van der Waals surface area contributed by atoms with Gasteiger partial charge in [0.15, 0.2) is 11.5 Å². The van der Waals surface area contributed by atoms with Crippen molar-refractivity contribution in [2.45, 2.75) is 52.1 Å². The number of nitrogens with one attached hydrogen (secondary N) is 4. The van der Waals surface area contributed by atoms with E-state index >= 15 is 0 Å². The summed E-state index contributed by atoms with van der Waals surface area (Å²) < 4.78 is 22.6. The van der Waals surface area contributed by atoms with E-state index in [4.69, 9.17) is 18.9 Å². The molecule has 11 heteroatoms. The number of hydrogen-bond acceptors (Lipinski definition) is 8. The van der Waals surface area contributed by atoms with Gasteiger partial charge >= 0.3 is 0 Å². The summed E-state index contributed by atoms with van der Waals surface area (Å²) in [6.45, 7) is 5.73. The number of rotatable bonds is 12. The molecule has 2 amide bonds. The first-order valence-corrected chi connectivity index (χ1v) is 16.1. The highest BCUT2D eigenvalue weighted by Crippen LogP contribution is 2.50. The van der Waals surface area contributed by atoms with Crippen LogP contribution in [0.3, 0.4) is 0 Å². The molecule has 11 nitrogen and oxygen atoms in total. The Morgan fingerprint density at radius 3 is 2.40 bits per heavy atom. The van der Waals surface area contributed by atoms with Gasteiger partial charge in [0, 0.05) is 36.1 Å². The number of anilines is 1. The molecule has 1 heterocycles. The van der Waals surface area contributed by atoms with Crippen LogP contribution in [0.15, 0.2) is 53.5 Å². The number of methoxy groups -OCH3 is 4. The standard InChI is InChI=1S/C37H44N4O7/c1-20(2)34(37(44)38-15-14-23-19-39-28-12-9-24(45-4)17-26(23)28)41-30-13-10-25-27(18-31(30)43)29(40-21(3)42)11-8-22-16-32(46-5)35(47-6)36(48-7)33(22)25/h9-10,12-13,16-20,29,34,39H,8,11,14-15H2,1-7H3,(H,38,44)(H,40,42)(H,41,43)/t29-,34-/m0/s1. The Labute approximate surface area is 280 Å². The lowest BCUT2D eigenvalue weighted by molar-refractivity contribution is -0.122. The van der Waals surface area contributed by atoms with Crippen LogP contribution in [0.5, 0.6) is 23.0 Å². The van der Waals surface area contributed by atoms with Gasteiger partial charge in [0.05, 0.1) is 40.2 Å². The van der Waals surface area contributed by atoms with E-state index in [-0.39, 0.29) is 28.8 Å². The van der Waals surface area contributed by atoms with Crippen LogP contribution >= 0.6 is 0 Å². The molecular weight excluding hydrogens is 612 g/mol. The smallest absolute Gasteiger partial charge is 0.242 e. The van der Waals surface area contributed by atoms with Gasteiger partial charge in [-0.1, -0.05) is 19.9 Å². The molecular formula is C37H44N4O7. The maximum absolute atomic E-state index is 13.9. The average molecular weight is 657 g/mol. The molecule has 0 saturated carbocycles.